The number of para-hydroxylation sites is 1. The number of fused-ring (bicyclic) bond motifs is 1. The summed E-state index contributed by atoms with van der Waals surface area (Å²) in [5, 5.41) is 2.96. The zero-order chi connectivity index (χ0) is 19.6. The molecular weight excluding hydrogens is 338 g/mol. The Labute approximate surface area is 161 Å². The van der Waals surface area contributed by atoms with Crippen LogP contribution in [0.2, 0.25) is 0 Å². The summed E-state index contributed by atoms with van der Waals surface area (Å²) in [4.78, 5) is 29.0. The predicted octanol–water partition coefficient (Wildman–Crippen LogP) is 3.15. The maximum absolute atomic E-state index is 12.9. The number of carbonyl (C=O) groups excluding carboxylic acids is 2. The second-order valence-corrected chi connectivity index (χ2v) is 7.33. The van der Waals surface area contributed by atoms with Crippen LogP contribution in [0.1, 0.15) is 23.6 Å². The minimum Gasteiger partial charge on any atom is -0.325 e. The second-order valence-electron chi connectivity index (χ2n) is 7.33. The molecule has 0 spiro atoms. The van der Waals surface area contributed by atoms with Gasteiger partial charge in [-0.1, -0.05) is 30.3 Å². The van der Waals surface area contributed by atoms with Gasteiger partial charge in [-0.25, -0.2) is 0 Å². The SMILES string of the molecule is Cc1ccc(C)c(NC(=O)CN(C)C(C)C(=O)N2CCc3ccccc32)c1. The van der Waals surface area contributed by atoms with Gasteiger partial charge in [-0.15, -0.1) is 0 Å². The van der Waals surface area contributed by atoms with Crippen molar-refractivity contribution in [3.8, 4) is 0 Å². The van der Waals surface area contributed by atoms with E-state index in [1.807, 2.05) is 69.1 Å². The topological polar surface area (TPSA) is 52.7 Å². The summed E-state index contributed by atoms with van der Waals surface area (Å²) < 4.78 is 0. The third-order valence-corrected chi connectivity index (χ3v) is 5.23. The number of rotatable bonds is 5. The molecule has 0 aliphatic carbocycles. The Hall–Kier alpha value is -2.66. The highest BCUT2D eigenvalue weighted by molar-refractivity contribution is 5.99. The molecule has 0 saturated carbocycles. The molecule has 0 bridgehead atoms. The van der Waals surface area contributed by atoms with Crippen molar-refractivity contribution in [2.24, 2.45) is 0 Å². The Morgan fingerprint density at radius 3 is 2.70 bits per heavy atom. The number of aryl methyl sites for hydroxylation is 2. The largest absolute Gasteiger partial charge is 0.325 e. The van der Waals surface area contributed by atoms with Crippen molar-refractivity contribution in [3.63, 3.8) is 0 Å². The van der Waals surface area contributed by atoms with E-state index in [9.17, 15) is 9.59 Å². The Morgan fingerprint density at radius 1 is 1.19 bits per heavy atom. The van der Waals surface area contributed by atoms with E-state index in [0.717, 1.165) is 28.9 Å². The van der Waals surface area contributed by atoms with Gasteiger partial charge in [0, 0.05) is 17.9 Å². The Balaban J connectivity index is 1.62. The molecule has 1 heterocycles. The number of nitrogens with one attached hydrogen (secondary N) is 1. The zero-order valence-corrected chi connectivity index (χ0v) is 16.5. The standard InChI is InChI=1S/C22H27N3O2/c1-15-9-10-16(2)19(13-15)23-21(26)14-24(4)17(3)22(27)25-12-11-18-7-5-6-8-20(18)25/h5-10,13,17H,11-12,14H2,1-4H3,(H,23,26). The molecule has 0 saturated heterocycles. The molecule has 5 heteroatoms. The number of hydrogen-bond acceptors (Lipinski definition) is 3. The average Bonchev–Trinajstić information content (AvgIpc) is 3.07. The van der Waals surface area contributed by atoms with E-state index < -0.39 is 0 Å². The smallest absolute Gasteiger partial charge is 0.244 e. The summed E-state index contributed by atoms with van der Waals surface area (Å²) in [7, 11) is 1.81. The number of amides is 2. The molecule has 1 aliphatic rings. The normalized spacial score (nSPS) is 14.2. The monoisotopic (exact) mass is 365 g/mol. The van der Waals surface area contributed by atoms with Crippen LogP contribution in [0.25, 0.3) is 0 Å². The van der Waals surface area contributed by atoms with Crippen molar-refractivity contribution >= 4 is 23.2 Å². The van der Waals surface area contributed by atoms with Crippen molar-refractivity contribution < 1.29 is 9.59 Å². The third kappa shape index (κ3) is 4.19. The molecule has 1 aliphatic heterocycles. The summed E-state index contributed by atoms with van der Waals surface area (Å²) in [5.74, 6) is -0.0883. The van der Waals surface area contributed by atoms with Crippen LogP contribution in [-0.2, 0) is 16.0 Å². The van der Waals surface area contributed by atoms with Gasteiger partial charge < -0.3 is 10.2 Å². The highest BCUT2D eigenvalue weighted by Crippen LogP contribution is 2.28. The number of nitrogens with zero attached hydrogens (tertiary/aromatic N) is 2. The fourth-order valence-electron chi connectivity index (χ4n) is 3.40. The Morgan fingerprint density at radius 2 is 1.93 bits per heavy atom. The van der Waals surface area contributed by atoms with E-state index in [1.165, 1.54) is 5.56 Å². The van der Waals surface area contributed by atoms with E-state index in [0.29, 0.717) is 6.54 Å². The van der Waals surface area contributed by atoms with Gasteiger partial charge in [0.25, 0.3) is 0 Å². The van der Waals surface area contributed by atoms with E-state index in [2.05, 4.69) is 11.4 Å². The van der Waals surface area contributed by atoms with E-state index in [1.54, 1.807) is 4.90 Å². The third-order valence-electron chi connectivity index (χ3n) is 5.23. The lowest BCUT2D eigenvalue weighted by Crippen LogP contribution is -2.47. The molecule has 5 nitrogen and oxygen atoms in total. The molecule has 2 amide bonds. The number of carbonyl (C=O) groups is 2. The van der Waals surface area contributed by atoms with Crippen LogP contribution in [0, 0.1) is 13.8 Å². The van der Waals surface area contributed by atoms with Gasteiger partial charge in [0.1, 0.15) is 0 Å². The van der Waals surface area contributed by atoms with Crippen LogP contribution in [0.15, 0.2) is 42.5 Å². The summed E-state index contributed by atoms with van der Waals surface area (Å²) in [6.45, 7) is 6.68. The number of likely N-dealkylation sites (N-methyl/N-ethyl adjacent to an activating group) is 1. The highest BCUT2D eigenvalue weighted by Gasteiger charge is 2.30. The predicted molar refractivity (Wildman–Crippen MR) is 109 cm³/mol. The van der Waals surface area contributed by atoms with Gasteiger partial charge in [0.2, 0.25) is 11.8 Å². The first-order valence-electron chi connectivity index (χ1n) is 9.33. The van der Waals surface area contributed by atoms with E-state index in [4.69, 9.17) is 0 Å². The average molecular weight is 365 g/mol. The van der Waals surface area contributed by atoms with Gasteiger partial charge in [-0.3, -0.25) is 14.5 Å². The molecule has 2 aromatic rings. The molecule has 0 aromatic heterocycles. The number of anilines is 2. The molecule has 1 N–H and O–H groups in total. The molecule has 27 heavy (non-hydrogen) atoms. The van der Waals surface area contributed by atoms with Crippen molar-refractivity contribution in [2.45, 2.75) is 33.2 Å². The molecule has 2 aromatic carbocycles. The first kappa shape index (κ1) is 19.1. The maximum Gasteiger partial charge on any atom is 0.244 e. The van der Waals surface area contributed by atoms with E-state index >= 15 is 0 Å². The van der Waals surface area contributed by atoms with Crippen molar-refractivity contribution in [1.29, 1.82) is 0 Å². The van der Waals surface area contributed by atoms with Crippen LogP contribution in [0.5, 0.6) is 0 Å². The summed E-state index contributed by atoms with van der Waals surface area (Å²) in [5.41, 5.74) is 5.13. The summed E-state index contributed by atoms with van der Waals surface area (Å²) in [6, 6.07) is 13.6. The fraction of sp³-hybridized carbons (Fsp3) is 0.364. The minimum atomic E-state index is -0.375. The Kier molecular flexibility index (Phi) is 5.61. The lowest BCUT2D eigenvalue weighted by Gasteiger charge is -2.28. The zero-order valence-electron chi connectivity index (χ0n) is 16.5. The van der Waals surface area contributed by atoms with Gasteiger partial charge >= 0.3 is 0 Å². The number of hydrogen-bond donors (Lipinski definition) is 1. The molecule has 1 atom stereocenters. The first-order valence-corrected chi connectivity index (χ1v) is 9.33. The van der Waals surface area contributed by atoms with Crippen molar-refractivity contribution in [3.05, 3.63) is 59.2 Å². The van der Waals surface area contributed by atoms with Gasteiger partial charge in [0.05, 0.1) is 12.6 Å². The van der Waals surface area contributed by atoms with E-state index in [-0.39, 0.29) is 24.4 Å². The fourth-order valence-corrected chi connectivity index (χ4v) is 3.40. The minimum absolute atomic E-state index is 0.0296. The highest BCUT2D eigenvalue weighted by atomic mass is 16.2. The van der Waals surface area contributed by atoms with Crippen LogP contribution >= 0.6 is 0 Å². The van der Waals surface area contributed by atoms with Crippen LogP contribution in [0.4, 0.5) is 11.4 Å². The maximum atomic E-state index is 12.9. The van der Waals surface area contributed by atoms with Gasteiger partial charge in [-0.2, -0.15) is 0 Å². The Bertz CT molecular complexity index is 862. The molecule has 1 unspecified atom stereocenters. The molecule has 142 valence electrons. The van der Waals surface area contributed by atoms with Gasteiger partial charge in [0.15, 0.2) is 0 Å². The molecule has 0 fully saturated rings. The van der Waals surface area contributed by atoms with Crippen molar-refractivity contribution in [1.82, 2.24) is 4.90 Å². The van der Waals surface area contributed by atoms with Crippen LogP contribution in [0.3, 0.4) is 0 Å². The molecule has 3 rings (SSSR count). The lowest BCUT2D eigenvalue weighted by molar-refractivity contribution is -0.124. The van der Waals surface area contributed by atoms with Gasteiger partial charge in [-0.05, 0) is 63.1 Å². The molecular formula is C22H27N3O2. The second kappa shape index (κ2) is 7.92. The van der Waals surface area contributed by atoms with Crippen LogP contribution < -0.4 is 10.2 Å². The first-order chi connectivity index (χ1) is 12.9. The van der Waals surface area contributed by atoms with Crippen molar-refractivity contribution in [2.75, 3.05) is 30.4 Å². The quantitative estimate of drug-likeness (QED) is 0.886. The summed E-state index contributed by atoms with van der Waals surface area (Å²) in [6.07, 6.45) is 0.880. The van der Waals surface area contributed by atoms with Crippen LogP contribution in [-0.4, -0.2) is 42.9 Å². The molecule has 0 radical (unpaired) electrons. The number of benzene rings is 2. The lowest BCUT2D eigenvalue weighted by atomic mass is 10.1. The summed E-state index contributed by atoms with van der Waals surface area (Å²) >= 11 is 0.